The molecule has 4 aromatic rings. The van der Waals surface area contributed by atoms with Crippen LogP contribution in [0.4, 0.5) is 16.3 Å². The Bertz CT molecular complexity index is 1420. The molecular formula is C21H22N6O4S. The van der Waals surface area contributed by atoms with Crippen LogP contribution in [-0.2, 0) is 15.4 Å². The number of primary sulfonamides is 1. The fraction of sp³-hybridized carbons (Fsp3) is 0.190. The van der Waals surface area contributed by atoms with E-state index in [2.05, 4.69) is 26.0 Å². The van der Waals surface area contributed by atoms with E-state index in [-0.39, 0.29) is 10.3 Å². The Morgan fingerprint density at radius 3 is 2.56 bits per heavy atom. The predicted octanol–water partition coefficient (Wildman–Crippen LogP) is 3.81. The summed E-state index contributed by atoms with van der Waals surface area (Å²) < 4.78 is 28.6. The van der Waals surface area contributed by atoms with Gasteiger partial charge in [0, 0.05) is 28.1 Å². The van der Waals surface area contributed by atoms with E-state index < -0.39 is 16.1 Å². The lowest BCUT2D eigenvalue weighted by molar-refractivity contribution is 0.262. The number of benzene rings is 2. The van der Waals surface area contributed by atoms with Crippen molar-refractivity contribution in [3.8, 4) is 11.3 Å². The van der Waals surface area contributed by atoms with Gasteiger partial charge >= 0.3 is 6.03 Å². The molecule has 0 bridgehead atoms. The number of nitrogens with two attached hydrogens (primary N) is 1. The molecule has 32 heavy (non-hydrogen) atoms. The molecule has 0 spiro atoms. The number of nitrogens with one attached hydrogen (secondary N) is 3. The SMILES string of the molecule is CC(C)(C)c1cc(NC(=O)Nc2ccc3[nH]nc(-c4cccc(S(N)(=O)=O)c4)c3c2)no1. The van der Waals surface area contributed by atoms with Crippen LogP contribution in [0.3, 0.4) is 0 Å². The summed E-state index contributed by atoms with van der Waals surface area (Å²) in [7, 11) is -3.85. The van der Waals surface area contributed by atoms with Crippen molar-refractivity contribution in [3.63, 3.8) is 0 Å². The largest absolute Gasteiger partial charge is 0.359 e. The number of fused-ring (bicyclic) bond motifs is 1. The lowest BCUT2D eigenvalue weighted by atomic mass is 9.93. The maximum absolute atomic E-state index is 12.4. The number of aromatic amines is 1. The second-order valence-corrected chi connectivity index (χ2v) is 9.87. The molecule has 0 radical (unpaired) electrons. The van der Waals surface area contributed by atoms with Gasteiger partial charge in [-0.2, -0.15) is 5.10 Å². The molecule has 0 unspecified atom stereocenters. The van der Waals surface area contributed by atoms with Crippen molar-refractivity contribution in [3.05, 3.63) is 54.3 Å². The van der Waals surface area contributed by atoms with Gasteiger partial charge in [0.15, 0.2) is 5.82 Å². The zero-order chi connectivity index (χ0) is 23.1. The van der Waals surface area contributed by atoms with E-state index >= 15 is 0 Å². The van der Waals surface area contributed by atoms with Gasteiger partial charge in [-0.15, -0.1) is 0 Å². The van der Waals surface area contributed by atoms with Crippen molar-refractivity contribution in [2.75, 3.05) is 10.6 Å². The number of urea groups is 1. The number of hydrogen-bond acceptors (Lipinski definition) is 6. The van der Waals surface area contributed by atoms with Gasteiger partial charge in [0.1, 0.15) is 11.5 Å². The lowest BCUT2D eigenvalue weighted by Crippen LogP contribution is -2.19. The van der Waals surface area contributed by atoms with E-state index in [1.807, 2.05) is 20.8 Å². The number of H-pyrrole nitrogens is 1. The van der Waals surface area contributed by atoms with Crippen LogP contribution in [0.1, 0.15) is 26.5 Å². The Labute approximate surface area is 184 Å². The van der Waals surface area contributed by atoms with Gasteiger partial charge in [-0.05, 0) is 30.3 Å². The Kier molecular flexibility index (Phi) is 5.23. The second-order valence-electron chi connectivity index (χ2n) is 8.31. The van der Waals surface area contributed by atoms with Crippen LogP contribution >= 0.6 is 0 Å². The topological polar surface area (TPSA) is 156 Å². The molecule has 2 aromatic carbocycles. The van der Waals surface area contributed by atoms with Gasteiger partial charge < -0.3 is 9.84 Å². The molecule has 4 rings (SSSR count). The first-order valence-corrected chi connectivity index (χ1v) is 11.2. The minimum Gasteiger partial charge on any atom is -0.359 e. The van der Waals surface area contributed by atoms with Crippen molar-refractivity contribution in [1.82, 2.24) is 15.4 Å². The molecule has 0 aliphatic heterocycles. The van der Waals surface area contributed by atoms with Crippen molar-refractivity contribution < 1.29 is 17.7 Å². The summed E-state index contributed by atoms with van der Waals surface area (Å²) >= 11 is 0. The summed E-state index contributed by atoms with van der Waals surface area (Å²) in [6.45, 7) is 5.94. The fourth-order valence-electron chi connectivity index (χ4n) is 3.10. The van der Waals surface area contributed by atoms with Crippen molar-refractivity contribution in [2.45, 2.75) is 31.1 Å². The van der Waals surface area contributed by atoms with Crippen LogP contribution in [0.25, 0.3) is 22.2 Å². The highest BCUT2D eigenvalue weighted by molar-refractivity contribution is 7.89. The third-order valence-electron chi connectivity index (χ3n) is 4.75. The number of nitrogens with zero attached hydrogens (tertiary/aromatic N) is 2. The van der Waals surface area contributed by atoms with E-state index in [4.69, 9.17) is 9.66 Å². The van der Waals surface area contributed by atoms with Crippen molar-refractivity contribution in [1.29, 1.82) is 0 Å². The number of carbonyl (C=O) groups excluding carboxylic acids is 1. The highest BCUT2D eigenvalue weighted by Crippen LogP contribution is 2.30. The van der Waals surface area contributed by atoms with Gasteiger partial charge in [0.25, 0.3) is 0 Å². The number of carbonyl (C=O) groups is 1. The number of amides is 2. The highest BCUT2D eigenvalue weighted by Gasteiger charge is 2.20. The summed E-state index contributed by atoms with van der Waals surface area (Å²) in [5.41, 5.74) is 2.10. The smallest absolute Gasteiger partial charge is 0.324 e. The number of sulfonamides is 1. The second kappa shape index (κ2) is 7.77. The first-order valence-electron chi connectivity index (χ1n) is 9.67. The highest BCUT2D eigenvalue weighted by atomic mass is 32.2. The molecule has 11 heteroatoms. The molecule has 0 atom stereocenters. The molecule has 0 aliphatic rings. The molecule has 0 aliphatic carbocycles. The molecule has 0 saturated carbocycles. The van der Waals surface area contributed by atoms with Crippen LogP contribution in [0.15, 0.2) is 57.9 Å². The van der Waals surface area contributed by atoms with Crippen molar-refractivity contribution >= 4 is 38.5 Å². The van der Waals surface area contributed by atoms with Crippen LogP contribution in [0.2, 0.25) is 0 Å². The Morgan fingerprint density at radius 1 is 1.09 bits per heavy atom. The molecule has 2 amide bonds. The van der Waals surface area contributed by atoms with Crippen LogP contribution in [0, 0.1) is 0 Å². The molecule has 0 fully saturated rings. The average molecular weight is 455 g/mol. The zero-order valence-electron chi connectivity index (χ0n) is 17.6. The van der Waals surface area contributed by atoms with E-state index in [0.29, 0.717) is 33.9 Å². The van der Waals surface area contributed by atoms with Crippen LogP contribution in [-0.4, -0.2) is 29.8 Å². The minimum absolute atomic E-state index is 0.0120. The molecule has 5 N–H and O–H groups in total. The Balaban J connectivity index is 1.58. The first kappa shape index (κ1) is 21.5. The number of aromatic nitrogens is 3. The summed E-state index contributed by atoms with van der Waals surface area (Å²) in [5.74, 6) is 0.955. The Morgan fingerprint density at radius 2 is 1.88 bits per heavy atom. The molecule has 2 aromatic heterocycles. The first-order chi connectivity index (χ1) is 15.0. The van der Waals surface area contributed by atoms with Crippen LogP contribution < -0.4 is 15.8 Å². The summed E-state index contributed by atoms with van der Waals surface area (Å²) in [6.07, 6.45) is 0. The summed E-state index contributed by atoms with van der Waals surface area (Å²) in [5, 5.41) is 22.4. The van der Waals surface area contributed by atoms with Gasteiger partial charge in [-0.3, -0.25) is 10.4 Å². The zero-order valence-corrected chi connectivity index (χ0v) is 18.4. The monoisotopic (exact) mass is 454 g/mol. The lowest BCUT2D eigenvalue weighted by Gasteiger charge is -2.12. The predicted molar refractivity (Wildman–Crippen MR) is 121 cm³/mol. The number of anilines is 2. The van der Waals surface area contributed by atoms with Gasteiger partial charge in [-0.25, -0.2) is 18.4 Å². The van der Waals surface area contributed by atoms with Gasteiger partial charge in [-0.1, -0.05) is 38.1 Å². The normalized spacial score (nSPS) is 12.1. The van der Waals surface area contributed by atoms with Crippen LogP contribution in [0.5, 0.6) is 0 Å². The van der Waals surface area contributed by atoms with Gasteiger partial charge in [0.2, 0.25) is 10.0 Å². The van der Waals surface area contributed by atoms with E-state index in [9.17, 15) is 13.2 Å². The molecule has 2 heterocycles. The summed E-state index contributed by atoms with van der Waals surface area (Å²) in [4.78, 5) is 12.4. The number of hydrogen-bond donors (Lipinski definition) is 4. The van der Waals surface area contributed by atoms with Gasteiger partial charge in [0.05, 0.1) is 10.4 Å². The standard InChI is InChI=1S/C21H22N6O4S/c1-21(2,3)17-11-18(27-31-17)24-20(28)23-13-7-8-16-15(10-13)19(26-25-16)12-5-4-6-14(9-12)32(22,29)30/h4-11H,1-3H3,(H,25,26)(H2,22,29,30)(H2,23,24,27,28). The van der Waals surface area contributed by atoms with Crippen molar-refractivity contribution in [2.24, 2.45) is 5.14 Å². The Hall–Kier alpha value is -3.70. The maximum atomic E-state index is 12.4. The number of rotatable bonds is 4. The van der Waals surface area contributed by atoms with E-state index in [1.165, 1.54) is 12.1 Å². The third kappa shape index (κ3) is 4.48. The molecular weight excluding hydrogens is 432 g/mol. The minimum atomic E-state index is -3.85. The molecule has 10 nitrogen and oxygen atoms in total. The molecule has 0 saturated heterocycles. The molecule has 166 valence electrons. The third-order valence-corrected chi connectivity index (χ3v) is 5.66. The fourth-order valence-corrected chi connectivity index (χ4v) is 3.66. The average Bonchev–Trinajstić information content (AvgIpc) is 3.34. The quantitative estimate of drug-likeness (QED) is 0.367. The van der Waals surface area contributed by atoms with E-state index in [1.54, 1.807) is 36.4 Å². The maximum Gasteiger partial charge on any atom is 0.324 e. The summed E-state index contributed by atoms with van der Waals surface area (Å²) in [6, 6.07) is 12.6. The van der Waals surface area contributed by atoms with E-state index in [0.717, 1.165) is 5.52 Å².